The number of fused-ring (bicyclic) bond motifs is 1. The molecule has 1 heterocycles. The average molecular weight is 411 g/mol. The van der Waals surface area contributed by atoms with Crippen LogP contribution in [0.15, 0.2) is 54.6 Å². The van der Waals surface area contributed by atoms with Crippen molar-refractivity contribution in [1.82, 2.24) is 4.57 Å². The molecule has 1 aromatic heterocycles. The van der Waals surface area contributed by atoms with Crippen molar-refractivity contribution in [3.05, 3.63) is 66.1 Å². The first-order valence-corrected chi connectivity index (χ1v) is 9.93. The monoisotopic (exact) mass is 411 g/mol. The summed E-state index contributed by atoms with van der Waals surface area (Å²) in [7, 11) is 0. The second-order valence-corrected chi connectivity index (χ2v) is 7.66. The maximum absolute atomic E-state index is 13.5. The standard InChI is InChI=1S/C24H26FNO4/c1-15(2)26-21-6-4-3-5-20(21)24(16-7-9-17(25)10-8-16)22(26)12-11-18(27)13-19(28)14-23(29)30/h3-12,15,18-19,27-28H,13-14H2,1-2H3,(H,29,30)/b12-11-/t18-,19-/m1/s1. The third kappa shape index (κ3) is 4.78. The van der Waals surface area contributed by atoms with Crippen molar-refractivity contribution in [3.8, 4) is 11.1 Å². The van der Waals surface area contributed by atoms with Gasteiger partial charge in [0.2, 0.25) is 0 Å². The van der Waals surface area contributed by atoms with Crippen LogP contribution in [0.3, 0.4) is 0 Å². The number of carbonyl (C=O) groups is 1. The highest BCUT2D eigenvalue weighted by Gasteiger charge is 2.19. The molecular formula is C24H26FNO4. The highest BCUT2D eigenvalue weighted by Crippen LogP contribution is 2.38. The average Bonchev–Trinajstić information content (AvgIpc) is 3.00. The van der Waals surface area contributed by atoms with Gasteiger partial charge in [-0.2, -0.15) is 0 Å². The minimum atomic E-state index is -1.13. The molecule has 6 heteroatoms. The van der Waals surface area contributed by atoms with Gasteiger partial charge in [0.1, 0.15) is 5.82 Å². The second kappa shape index (κ2) is 9.24. The van der Waals surface area contributed by atoms with Crippen LogP contribution in [-0.4, -0.2) is 38.1 Å². The fourth-order valence-corrected chi connectivity index (χ4v) is 3.77. The maximum atomic E-state index is 13.5. The molecule has 0 saturated carbocycles. The summed E-state index contributed by atoms with van der Waals surface area (Å²) in [4.78, 5) is 10.7. The molecule has 0 aliphatic heterocycles. The van der Waals surface area contributed by atoms with E-state index in [-0.39, 0.29) is 18.3 Å². The van der Waals surface area contributed by atoms with Crippen molar-refractivity contribution in [2.24, 2.45) is 0 Å². The van der Waals surface area contributed by atoms with Crippen molar-refractivity contribution < 1.29 is 24.5 Å². The zero-order chi connectivity index (χ0) is 21.8. The summed E-state index contributed by atoms with van der Waals surface area (Å²) >= 11 is 0. The van der Waals surface area contributed by atoms with Crippen LogP contribution in [0.5, 0.6) is 0 Å². The number of benzene rings is 2. The van der Waals surface area contributed by atoms with Crippen molar-refractivity contribution in [2.75, 3.05) is 0 Å². The number of aromatic nitrogens is 1. The lowest BCUT2D eigenvalue weighted by atomic mass is 10.0. The fourth-order valence-electron chi connectivity index (χ4n) is 3.77. The van der Waals surface area contributed by atoms with E-state index in [1.165, 1.54) is 12.1 Å². The van der Waals surface area contributed by atoms with E-state index >= 15 is 0 Å². The molecule has 0 spiro atoms. The predicted molar refractivity (Wildman–Crippen MR) is 116 cm³/mol. The van der Waals surface area contributed by atoms with Crippen LogP contribution in [0, 0.1) is 5.82 Å². The van der Waals surface area contributed by atoms with Gasteiger partial charge in [0.25, 0.3) is 0 Å². The number of hydrogen-bond donors (Lipinski definition) is 3. The van der Waals surface area contributed by atoms with Gasteiger partial charge in [-0.3, -0.25) is 4.79 Å². The van der Waals surface area contributed by atoms with E-state index in [2.05, 4.69) is 18.4 Å². The Morgan fingerprint density at radius 2 is 1.77 bits per heavy atom. The molecule has 0 unspecified atom stereocenters. The number of hydrogen-bond acceptors (Lipinski definition) is 3. The normalized spacial score (nSPS) is 13.9. The number of para-hydroxylation sites is 1. The number of carboxylic acid groups (broad SMARTS) is 1. The van der Waals surface area contributed by atoms with Gasteiger partial charge < -0.3 is 19.9 Å². The number of carboxylic acids is 1. The van der Waals surface area contributed by atoms with Gasteiger partial charge in [-0.25, -0.2) is 4.39 Å². The van der Waals surface area contributed by atoms with Crippen LogP contribution < -0.4 is 0 Å². The van der Waals surface area contributed by atoms with Crippen molar-refractivity contribution in [2.45, 2.75) is 44.9 Å². The third-order valence-corrected chi connectivity index (χ3v) is 5.00. The van der Waals surface area contributed by atoms with Crippen molar-refractivity contribution in [1.29, 1.82) is 0 Å². The summed E-state index contributed by atoms with van der Waals surface area (Å²) in [6.07, 6.45) is 0.727. The Hall–Kier alpha value is -2.96. The summed E-state index contributed by atoms with van der Waals surface area (Å²) in [5, 5.41) is 29.9. The minimum absolute atomic E-state index is 0.0728. The molecule has 0 aliphatic rings. The number of aliphatic hydroxyl groups is 2. The van der Waals surface area contributed by atoms with Crippen LogP contribution in [0.4, 0.5) is 4.39 Å². The van der Waals surface area contributed by atoms with Crippen LogP contribution in [0.1, 0.15) is 38.4 Å². The third-order valence-electron chi connectivity index (χ3n) is 5.00. The molecule has 3 rings (SSSR count). The Bertz CT molecular complexity index is 1050. The van der Waals surface area contributed by atoms with Gasteiger partial charge in [0.15, 0.2) is 0 Å². The second-order valence-electron chi connectivity index (χ2n) is 7.66. The lowest BCUT2D eigenvalue weighted by Crippen LogP contribution is -2.19. The van der Waals surface area contributed by atoms with Gasteiger partial charge >= 0.3 is 5.97 Å². The van der Waals surface area contributed by atoms with E-state index in [0.717, 1.165) is 27.7 Å². The maximum Gasteiger partial charge on any atom is 0.305 e. The quantitative estimate of drug-likeness (QED) is 0.505. The number of halogens is 1. The smallest absolute Gasteiger partial charge is 0.305 e. The molecule has 2 atom stereocenters. The lowest BCUT2D eigenvalue weighted by molar-refractivity contribution is -0.139. The van der Waals surface area contributed by atoms with Gasteiger partial charge in [0, 0.05) is 34.6 Å². The molecule has 5 nitrogen and oxygen atoms in total. The zero-order valence-corrected chi connectivity index (χ0v) is 17.0. The Labute approximate surface area is 174 Å². The Balaban J connectivity index is 2.08. The van der Waals surface area contributed by atoms with Crippen LogP contribution in [-0.2, 0) is 4.79 Å². The van der Waals surface area contributed by atoms with Crippen LogP contribution in [0.2, 0.25) is 0 Å². The number of aliphatic hydroxyl groups excluding tert-OH is 2. The van der Waals surface area contributed by atoms with Crippen LogP contribution in [0.25, 0.3) is 28.1 Å². The van der Waals surface area contributed by atoms with Crippen LogP contribution >= 0.6 is 0 Å². The van der Waals surface area contributed by atoms with E-state index in [1.807, 2.05) is 24.3 Å². The van der Waals surface area contributed by atoms with Gasteiger partial charge in [-0.05, 0) is 43.7 Å². The molecule has 0 fully saturated rings. The number of aliphatic carboxylic acids is 1. The summed E-state index contributed by atoms with van der Waals surface area (Å²) in [6.45, 7) is 4.12. The molecule has 0 aliphatic carbocycles. The first-order valence-electron chi connectivity index (χ1n) is 9.93. The van der Waals surface area contributed by atoms with Gasteiger partial charge in [-0.15, -0.1) is 0 Å². The Kier molecular flexibility index (Phi) is 6.70. The largest absolute Gasteiger partial charge is 0.481 e. The summed E-state index contributed by atoms with van der Waals surface area (Å²) in [6, 6.07) is 14.4. The fraction of sp³-hybridized carbons (Fsp3) is 0.292. The predicted octanol–water partition coefficient (Wildman–Crippen LogP) is 4.63. The van der Waals surface area contributed by atoms with Crippen molar-refractivity contribution >= 4 is 22.9 Å². The Morgan fingerprint density at radius 3 is 2.40 bits per heavy atom. The molecule has 0 saturated heterocycles. The molecule has 2 aromatic carbocycles. The zero-order valence-electron chi connectivity index (χ0n) is 17.0. The first kappa shape index (κ1) is 21.7. The minimum Gasteiger partial charge on any atom is -0.481 e. The topological polar surface area (TPSA) is 82.7 Å². The van der Waals surface area contributed by atoms with E-state index in [1.54, 1.807) is 24.3 Å². The van der Waals surface area contributed by atoms with E-state index in [4.69, 9.17) is 5.11 Å². The first-order chi connectivity index (χ1) is 14.3. The molecule has 158 valence electrons. The molecule has 0 bridgehead atoms. The molecular weight excluding hydrogens is 385 g/mol. The number of nitrogens with zero attached hydrogens (tertiary/aromatic N) is 1. The highest BCUT2D eigenvalue weighted by molar-refractivity contribution is 6.01. The van der Waals surface area contributed by atoms with E-state index in [9.17, 15) is 19.4 Å². The van der Waals surface area contributed by atoms with Crippen molar-refractivity contribution in [3.63, 3.8) is 0 Å². The SMILES string of the molecule is CC(C)n1c(/C=C\[C@@H](O)C[C@@H](O)CC(=O)O)c(-c2ccc(F)cc2)c2ccccc21. The summed E-state index contributed by atoms with van der Waals surface area (Å²) in [5.74, 6) is -1.43. The van der Waals surface area contributed by atoms with E-state index < -0.39 is 24.6 Å². The molecule has 3 aromatic rings. The molecule has 30 heavy (non-hydrogen) atoms. The molecule has 3 N–H and O–H groups in total. The lowest BCUT2D eigenvalue weighted by Gasteiger charge is -2.15. The number of rotatable bonds is 8. The Morgan fingerprint density at radius 1 is 1.10 bits per heavy atom. The van der Waals surface area contributed by atoms with Gasteiger partial charge in [-0.1, -0.05) is 36.4 Å². The molecule has 0 radical (unpaired) electrons. The summed E-state index contributed by atoms with van der Waals surface area (Å²) < 4.78 is 15.6. The summed E-state index contributed by atoms with van der Waals surface area (Å²) in [5.41, 5.74) is 3.65. The van der Waals surface area contributed by atoms with Gasteiger partial charge in [0.05, 0.1) is 18.6 Å². The van der Waals surface area contributed by atoms with E-state index in [0.29, 0.717) is 0 Å². The highest BCUT2D eigenvalue weighted by atomic mass is 19.1. The molecule has 0 amide bonds.